The van der Waals surface area contributed by atoms with Crippen molar-refractivity contribution in [3.8, 4) is 0 Å². The average Bonchev–Trinajstić information content (AvgIpc) is 2.59. The summed E-state index contributed by atoms with van der Waals surface area (Å²) < 4.78 is 10.7. The number of ether oxygens (including phenoxy) is 2. The lowest BCUT2D eigenvalue weighted by Gasteiger charge is -2.53. The minimum Gasteiger partial charge on any atom is -0.464 e. The molecule has 0 saturated carbocycles. The molecule has 1 saturated heterocycles. The first kappa shape index (κ1) is 23.2. The molecule has 1 aromatic rings. The van der Waals surface area contributed by atoms with Gasteiger partial charge in [0, 0.05) is 6.54 Å². The number of halogens is 1. The Kier molecular flexibility index (Phi) is 7.32. The topological polar surface area (TPSA) is 76.2 Å². The monoisotopic (exact) mass is 468 g/mol. The third-order valence-corrected chi connectivity index (χ3v) is 5.08. The molecule has 1 aliphatic rings. The van der Waals surface area contributed by atoms with Gasteiger partial charge in [0.1, 0.15) is 5.60 Å². The molecule has 1 heterocycles. The van der Waals surface area contributed by atoms with Crippen LogP contribution in [0.25, 0.3) is 0 Å². The Balaban J connectivity index is 2.30. The number of carbonyl (C=O) groups excluding carboxylic acids is 3. The summed E-state index contributed by atoms with van der Waals surface area (Å²) in [5.41, 5.74) is 0.117. The number of alkyl halides is 1. The van der Waals surface area contributed by atoms with Crippen LogP contribution in [0, 0.1) is 6.92 Å². The van der Waals surface area contributed by atoms with Gasteiger partial charge in [0.25, 0.3) is 0 Å². The van der Waals surface area contributed by atoms with Crippen molar-refractivity contribution < 1.29 is 23.9 Å². The Hall–Kier alpha value is -2.09. The normalized spacial score (nSPS) is 15.3. The molecule has 2 amide bonds. The highest BCUT2D eigenvalue weighted by Crippen LogP contribution is 2.33. The number of carbonyl (C=O) groups is 3. The number of amides is 2. The van der Waals surface area contributed by atoms with Crippen molar-refractivity contribution in [1.29, 1.82) is 0 Å². The molecule has 160 valence electrons. The van der Waals surface area contributed by atoms with E-state index in [0.717, 1.165) is 11.1 Å². The van der Waals surface area contributed by atoms with Crippen LogP contribution in [0.15, 0.2) is 24.3 Å². The van der Waals surface area contributed by atoms with Gasteiger partial charge >= 0.3 is 12.1 Å². The Morgan fingerprint density at radius 2 is 1.76 bits per heavy atom. The highest BCUT2D eigenvalue weighted by atomic mass is 79.9. The van der Waals surface area contributed by atoms with Gasteiger partial charge in [-0.15, -0.1) is 0 Å². The van der Waals surface area contributed by atoms with Gasteiger partial charge in [-0.05, 0) is 40.2 Å². The molecule has 1 fully saturated rings. The summed E-state index contributed by atoms with van der Waals surface area (Å²) in [5, 5.41) is 0.0620. The van der Waals surface area contributed by atoms with E-state index in [-0.39, 0.29) is 37.5 Å². The van der Waals surface area contributed by atoms with Gasteiger partial charge < -0.3 is 19.3 Å². The lowest BCUT2D eigenvalue weighted by atomic mass is 9.87. The van der Waals surface area contributed by atoms with Crippen molar-refractivity contribution in [2.24, 2.45) is 0 Å². The number of benzene rings is 1. The van der Waals surface area contributed by atoms with Gasteiger partial charge in [-0.2, -0.15) is 0 Å². The summed E-state index contributed by atoms with van der Waals surface area (Å²) in [7, 11) is 0. The minimum atomic E-state index is -1.23. The number of hydrogen-bond acceptors (Lipinski definition) is 5. The van der Waals surface area contributed by atoms with Gasteiger partial charge in [0.05, 0.1) is 25.0 Å². The summed E-state index contributed by atoms with van der Waals surface area (Å²) in [4.78, 5) is 41.0. The first-order valence-electron chi connectivity index (χ1n) is 9.59. The molecule has 29 heavy (non-hydrogen) atoms. The summed E-state index contributed by atoms with van der Waals surface area (Å²) in [5.74, 6) is -0.760. The predicted octanol–water partition coefficient (Wildman–Crippen LogP) is 3.27. The second-order valence-corrected chi connectivity index (χ2v) is 8.75. The molecule has 7 nitrogen and oxygen atoms in total. The first-order valence-corrected chi connectivity index (χ1v) is 10.7. The zero-order valence-electron chi connectivity index (χ0n) is 17.7. The predicted molar refractivity (Wildman–Crippen MR) is 113 cm³/mol. The molecule has 0 spiro atoms. The summed E-state index contributed by atoms with van der Waals surface area (Å²) in [6, 6.07) is 7.76. The average molecular weight is 469 g/mol. The molecular formula is C21H29BrN2O5. The van der Waals surface area contributed by atoms with Crippen molar-refractivity contribution in [2.45, 2.75) is 52.3 Å². The van der Waals surface area contributed by atoms with Crippen LogP contribution in [-0.4, -0.2) is 63.9 Å². The Morgan fingerprint density at radius 1 is 1.17 bits per heavy atom. The maximum atomic E-state index is 12.9. The van der Waals surface area contributed by atoms with Crippen LogP contribution in [0.4, 0.5) is 4.79 Å². The maximum Gasteiger partial charge on any atom is 0.410 e. The van der Waals surface area contributed by atoms with Crippen LogP contribution in [-0.2, 0) is 25.6 Å². The Morgan fingerprint density at radius 3 is 2.24 bits per heavy atom. The van der Waals surface area contributed by atoms with Crippen LogP contribution in [0.3, 0.4) is 0 Å². The zero-order valence-corrected chi connectivity index (χ0v) is 19.2. The summed E-state index contributed by atoms with van der Waals surface area (Å²) in [6.45, 7) is 9.53. The van der Waals surface area contributed by atoms with Crippen molar-refractivity contribution >= 4 is 33.9 Å². The molecular weight excluding hydrogens is 440 g/mol. The molecule has 0 N–H and O–H groups in total. The number of hydrogen-bond donors (Lipinski definition) is 0. The fraction of sp³-hybridized carbons (Fsp3) is 0.571. The number of nitrogens with zero attached hydrogens (tertiary/aromatic N) is 2. The molecule has 0 aliphatic carbocycles. The van der Waals surface area contributed by atoms with Gasteiger partial charge in [-0.1, -0.05) is 45.8 Å². The number of esters is 1. The standard InChI is InChI=1S/C21H29BrN2O5/c1-6-28-18(26)21(13-23(14-21)19(27)29-20(3,4)5)24(17(25)11-22)12-16-9-7-15(2)8-10-16/h7-10H,6,11-14H2,1-5H3. The lowest BCUT2D eigenvalue weighted by molar-refractivity contribution is -0.176. The number of likely N-dealkylation sites (tertiary alicyclic amines) is 1. The van der Waals surface area contributed by atoms with Gasteiger partial charge in [0.2, 0.25) is 5.91 Å². The zero-order chi connectivity index (χ0) is 21.8. The quantitative estimate of drug-likeness (QED) is 0.472. The van der Waals surface area contributed by atoms with E-state index in [9.17, 15) is 14.4 Å². The van der Waals surface area contributed by atoms with Crippen molar-refractivity contribution in [1.82, 2.24) is 9.80 Å². The Labute approximate surface area is 180 Å². The molecule has 2 rings (SSSR count). The van der Waals surface area contributed by atoms with Crippen LogP contribution < -0.4 is 0 Å². The molecule has 0 radical (unpaired) electrons. The number of rotatable bonds is 6. The van der Waals surface area contributed by atoms with Crippen molar-refractivity contribution in [2.75, 3.05) is 25.0 Å². The fourth-order valence-electron chi connectivity index (χ4n) is 3.14. The van der Waals surface area contributed by atoms with Crippen LogP contribution >= 0.6 is 15.9 Å². The van der Waals surface area contributed by atoms with Crippen LogP contribution in [0.5, 0.6) is 0 Å². The van der Waals surface area contributed by atoms with Gasteiger partial charge in [-0.3, -0.25) is 4.79 Å². The molecule has 1 aromatic carbocycles. The SMILES string of the molecule is CCOC(=O)C1(N(Cc2ccc(C)cc2)C(=O)CBr)CN(C(=O)OC(C)(C)C)C1. The van der Waals surface area contributed by atoms with Crippen molar-refractivity contribution in [3.05, 3.63) is 35.4 Å². The highest BCUT2D eigenvalue weighted by molar-refractivity contribution is 9.09. The lowest BCUT2D eigenvalue weighted by Crippen LogP contribution is -2.76. The van der Waals surface area contributed by atoms with Crippen LogP contribution in [0.1, 0.15) is 38.8 Å². The second kappa shape index (κ2) is 9.15. The van der Waals surface area contributed by atoms with E-state index < -0.39 is 23.2 Å². The third-order valence-electron chi connectivity index (χ3n) is 4.61. The minimum absolute atomic E-state index is 0.0331. The van der Waals surface area contributed by atoms with E-state index >= 15 is 0 Å². The molecule has 0 atom stereocenters. The first-order chi connectivity index (χ1) is 13.5. The molecule has 0 unspecified atom stereocenters. The molecule has 0 aromatic heterocycles. The third kappa shape index (κ3) is 5.50. The smallest absolute Gasteiger partial charge is 0.410 e. The second-order valence-electron chi connectivity index (χ2n) is 8.19. The Bertz CT molecular complexity index is 751. The fourth-order valence-corrected chi connectivity index (χ4v) is 3.45. The van der Waals surface area contributed by atoms with E-state index in [1.54, 1.807) is 27.7 Å². The molecule has 0 bridgehead atoms. The van der Waals surface area contributed by atoms with Crippen LogP contribution in [0.2, 0.25) is 0 Å². The van der Waals surface area contributed by atoms with Gasteiger partial charge in [0.15, 0.2) is 5.54 Å². The molecule has 8 heteroatoms. The van der Waals surface area contributed by atoms with E-state index in [1.165, 1.54) is 9.80 Å². The van der Waals surface area contributed by atoms with E-state index in [0.29, 0.717) is 0 Å². The highest BCUT2D eigenvalue weighted by Gasteiger charge is 2.58. The largest absolute Gasteiger partial charge is 0.464 e. The van der Waals surface area contributed by atoms with E-state index in [2.05, 4.69) is 15.9 Å². The summed E-state index contributed by atoms with van der Waals surface area (Å²) >= 11 is 3.21. The van der Waals surface area contributed by atoms with Gasteiger partial charge in [-0.25, -0.2) is 9.59 Å². The number of aryl methyl sites for hydroxylation is 1. The van der Waals surface area contributed by atoms with E-state index in [1.807, 2.05) is 31.2 Å². The maximum absolute atomic E-state index is 12.9. The van der Waals surface area contributed by atoms with Crippen molar-refractivity contribution in [3.63, 3.8) is 0 Å². The van der Waals surface area contributed by atoms with E-state index in [4.69, 9.17) is 9.47 Å². The molecule has 1 aliphatic heterocycles. The summed E-state index contributed by atoms with van der Waals surface area (Å²) in [6.07, 6.45) is -0.515.